The van der Waals surface area contributed by atoms with Crippen LogP contribution in [0.1, 0.15) is 18.9 Å². The molecule has 1 fully saturated rings. The fourth-order valence-corrected chi connectivity index (χ4v) is 2.63. The summed E-state index contributed by atoms with van der Waals surface area (Å²) < 4.78 is 5.59. The maximum absolute atomic E-state index is 6.24. The van der Waals surface area contributed by atoms with Crippen LogP contribution in [-0.2, 0) is 11.2 Å². The molecule has 1 aromatic rings. The lowest BCUT2D eigenvalue weighted by Crippen LogP contribution is -2.36. The van der Waals surface area contributed by atoms with Crippen LogP contribution in [0.3, 0.4) is 0 Å². The molecule has 0 saturated carbocycles. The van der Waals surface area contributed by atoms with Gasteiger partial charge < -0.3 is 10.1 Å². The molecule has 2 rings (SSSR count). The molecule has 1 atom stereocenters. The monoisotopic (exact) mass is 253 g/mol. The van der Waals surface area contributed by atoms with Gasteiger partial charge in [0.1, 0.15) is 0 Å². The summed E-state index contributed by atoms with van der Waals surface area (Å²) in [6.45, 7) is 5.86. The first-order valence-electron chi connectivity index (χ1n) is 6.28. The fourth-order valence-electron chi connectivity index (χ4n) is 2.43. The topological polar surface area (TPSA) is 21.3 Å². The van der Waals surface area contributed by atoms with E-state index in [9.17, 15) is 0 Å². The Labute approximate surface area is 108 Å². The van der Waals surface area contributed by atoms with Crippen molar-refractivity contribution in [1.82, 2.24) is 5.32 Å². The van der Waals surface area contributed by atoms with Gasteiger partial charge >= 0.3 is 0 Å². The smallest absolute Gasteiger partial charge is 0.0538 e. The predicted octanol–water partition coefficient (Wildman–Crippen LogP) is 2.90. The molecule has 0 aromatic heterocycles. The molecule has 1 saturated heterocycles. The van der Waals surface area contributed by atoms with E-state index in [-0.39, 0.29) is 5.41 Å². The van der Waals surface area contributed by atoms with E-state index in [1.165, 1.54) is 5.56 Å². The van der Waals surface area contributed by atoms with Crippen LogP contribution in [-0.4, -0.2) is 26.3 Å². The summed E-state index contributed by atoms with van der Waals surface area (Å²) in [6.07, 6.45) is 2.12. The maximum Gasteiger partial charge on any atom is 0.0538 e. The van der Waals surface area contributed by atoms with Crippen molar-refractivity contribution < 1.29 is 4.74 Å². The lowest BCUT2D eigenvalue weighted by atomic mass is 9.81. The summed E-state index contributed by atoms with van der Waals surface area (Å²) in [7, 11) is 0. The molecule has 2 nitrogen and oxygen atoms in total. The lowest BCUT2D eigenvalue weighted by molar-refractivity contribution is 0.149. The second-order valence-electron chi connectivity index (χ2n) is 4.85. The molecule has 1 N–H and O–H groups in total. The highest BCUT2D eigenvalue weighted by Gasteiger charge is 2.34. The van der Waals surface area contributed by atoms with Crippen LogP contribution < -0.4 is 5.32 Å². The third-order valence-corrected chi connectivity index (χ3v) is 3.83. The van der Waals surface area contributed by atoms with Crippen LogP contribution in [0.25, 0.3) is 0 Å². The van der Waals surface area contributed by atoms with Crippen LogP contribution >= 0.6 is 11.6 Å². The van der Waals surface area contributed by atoms with E-state index in [4.69, 9.17) is 16.3 Å². The second kappa shape index (κ2) is 5.85. The van der Waals surface area contributed by atoms with E-state index >= 15 is 0 Å². The first-order valence-corrected chi connectivity index (χ1v) is 6.65. The number of hydrogen-bond donors (Lipinski definition) is 1. The first kappa shape index (κ1) is 12.9. The van der Waals surface area contributed by atoms with E-state index < -0.39 is 0 Å². The highest BCUT2D eigenvalue weighted by atomic mass is 35.5. The molecule has 94 valence electrons. The predicted molar refractivity (Wildman–Crippen MR) is 71.6 cm³/mol. The Kier molecular flexibility index (Phi) is 4.43. The van der Waals surface area contributed by atoms with Gasteiger partial charge in [-0.1, -0.05) is 36.7 Å². The van der Waals surface area contributed by atoms with Crippen molar-refractivity contribution in [2.45, 2.75) is 19.8 Å². The Bertz CT molecular complexity index is 361. The van der Waals surface area contributed by atoms with E-state index in [0.717, 1.165) is 44.2 Å². The van der Waals surface area contributed by atoms with Crippen molar-refractivity contribution in [2.75, 3.05) is 26.3 Å². The number of halogens is 1. The Hall–Kier alpha value is -0.570. The van der Waals surface area contributed by atoms with E-state index in [1.807, 2.05) is 12.1 Å². The SMILES string of the molecule is CCNCC1(Cc2ccccc2Cl)CCOC1. The summed E-state index contributed by atoms with van der Waals surface area (Å²) >= 11 is 6.24. The molecule has 0 aliphatic carbocycles. The van der Waals surface area contributed by atoms with Crippen molar-refractivity contribution in [2.24, 2.45) is 5.41 Å². The highest BCUT2D eigenvalue weighted by Crippen LogP contribution is 2.34. The van der Waals surface area contributed by atoms with E-state index in [2.05, 4.69) is 24.4 Å². The summed E-state index contributed by atoms with van der Waals surface area (Å²) in [6, 6.07) is 8.12. The quantitative estimate of drug-likeness (QED) is 0.871. The molecule has 3 heteroatoms. The Morgan fingerprint density at radius 3 is 2.88 bits per heavy atom. The minimum atomic E-state index is 0.223. The minimum Gasteiger partial charge on any atom is -0.381 e. The largest absolute Gasteiger partial charge is 0.381 e. The van der Waals surface area contributed by atoms with E-state index in [1.54, 1.807) is 0 Å². The van der Waals surface area contributed by atoms with Gasteiger partial charge in [-0.05, 0) is 31.0 Å². The molecule has 0 bridgehead atoms. The molecule has 1 unspecified atom stereocenters. The lowest BCUT2D eigenvalue weighted by Gasteiger charge is -2.28. The van der Waals surface area contributed by atoms with Crippen molar-refractivity contribution in [3.05, 3.63) is 34.9 Å². The number of rotatable bonds is 5. The molecular weight excluding hydrogens is 234 g/mol. The average molecular weight is 254 g/mol. The minimum absolute atomic E-state index is 0.223. The van der Waals surface area contributed by atoms with Gasteiger partial charge in [0.2, 0.25) is 0 Å². The van der Waals surface area contributed by atoms with Crippen LogP contribution in [0, 0.1) is 5.41 Å². The number of ether oxygens (including phenoxy) is 1. The van der Waals surface area contributed by atoms with Gasteiger partial charge in [0.05, 0.1) is 6.61 Å². The zero-order valence-corrected chi connectivity index (χ0v) is 11.1. The summed E-state index contributed by atoms with van der Waals surface area (Å²) in [5, 5.41) is 4.32. The zero-order chi connectivity index (χ0) is 12.1. The second-order valence-corrected chi connectivity index (χ2v) is 5.26. The van der Waals surface area contributed by atoms with Crippen LogP contribution in [0.2, 0.25) is 5.02 Å². The molecule has 0 radical (unpaired) electrons. The van der Waals surface area contributed by atoms with Gasteiger partial charge in [-0.3, -0.25) is 0 Å². The Balaban J connectivity index is 2.10. The molecule has 0 amide bonds. The zero-order valence-electron chi connectivity index (χ0n) is 10.3. The summed E-state index contributed by atoms with van der Waals surface area (Å²) in [5.74, 6) is 0. The van der Waals surface area contributed by atoms with Crippen molar-refractivity contribution in [1.29, 1.82) is 0 Å². The van der Waals surface area contributed by atoms with E-state index in [0.29, 0.717) is 0 Å². The van der Waals surface area contributed by atoms with Crippen LogP contribution in [0.5, 0.6) is 0 Å². The first-order chi connectivity index (χ1) is 8.26. The Morgan fingerprint density at radius 2 is 2.24 bits per heavy atom. The van der Waals surface area contributed by atoms with Crippen LogP contribution in [0.4, 0.5) is 0 Å². The number of hydrogen-bond acceptors (Lipinski definition) is 2. The molecule has 1 heterocycles. The van der Waals surface area contributed by atoms with Gasteiger partial charge in [0.15, 0.2) is 0 Å². The fraction of sp³-hybridized carbons (Fsp3) is 0.571. The number of nitrogens with one attached hydrogen (secondary N) is 1. The Morgan fingerprint density at radius 1 is 1.41 bits per heavy atom. The maximum atomic E-state index is 6.24. The molecule has 1 aliphatic rings. The van der Waals surface area contributed by atoms with Gasteiger partial charge in [-0.2, -0.15) is 0 Å². The number of benzene rings is 1. The van der Waals surface area contributed by atoms with Crippen molar-refractivity contribution in [3.8, 4) is 0 Å². The molecule has 17 heavy (non-hydrogen) atoms. The molecular formula is C14H20ClNO. The average Bonchev–Trinajstić information content (AvgIpc) is 2.79. The van der Waals surface area contributed by atoms with Gasteiger partial charge in [0, 0.05) is 23.6 Å². The van der Waals surface area contributed by atoms with Crippen molar-refractivity contribution in [3.63, 3.8) is 0 Å². The molecule has 1 aliphatic heterocycles. The van der Waals surface area contributed by atoms with Gasteiger partial charge in [0.25, 0.3) is 0 Å². The standard InChI is InChI=1S/C14H20ClNO/c1-2-16-10-14(7-8-17-11-14)9-12-5-3-4-6-13(12)15/h3-6,16H,2,7-11H2,1H3. The molecule has 1 aromatic carbocycles. The van der Waals surface area contributed by atoms with Gasteiger partial charge in [-0.15, -0.1) is 0 Å². The van der Waals surface area contributed by atoms with Crippen LogP contribution in [0.15, 0.2) is 24.3 Å². The highest BCUT2D eigenvalue weighted by molar-refractivity contribution is 6.31. The van der Waals surface area contributed by atoms with Crippen molar-refractivity contribution >= 4 is 11.6 Å². The van der Waals surface area contributed by atoms with Gasteiger partial charge in [-0.25, -0.2) is 0 Å². The molecule has 0 spiro atoms. The summed E-state index contributed by atoms with van der Waals surface area (Å²) in [4.78, 5) is 0. The third-order valence-electron chi connectivity index (χ3n) is 3.46. The third kappa shape index (κ3) is 3.21. The normalized spacial score (nSPS) is 24.1. The summed E-state index contributed by atoms with van der Waals surface area (Å²) in [5.41, 5.74) is 1.46.